The van der Waals surface area contributed by atoms with E-state index < -0.39 is 0 Å². The van der Waals surface area contributed by atoms with E-state index in [4.69, 9.17) is 5.73 Å². The van der Waals surface area contributed by atoms with Crippen LogP contribution in [0.15, 0.2) is 42.6 Å². The van der Waals surface area contributed by atoms with Crippen LogP contribution in [0.2, 0.25) is 0 Å². The van der Waals surface area contributed by atoms with Crippen molar-refractivity contribution in [1.82, 2.24) is 10.3 Å². The molecule has 1 aromatic heterocycles. The molecule has 3 nitrogen and oxygen atoms in total. The molecule has 2 unspecified atom stereocenters. The highest BCUT2D eigenvalue weighted by atomic mass is 14.9. The third-order valence-electron chi connectivity index (χ3n) is 4.57. The van der Waals surface area contributed by atoms with Crippen LogP contribution in [0.25, 0.3) is 0 Å². The van der Waals surface area contributed by atoms with E-state index in [2.05, 4.69) is 47.7 Å². The van der Waals surface area contributed by atoms with Crippen LogP contribution in [0.1, 0.15) is 35.4 Å². The van der Waals surface area contributed by atoms with Gasteiger partial charge in [-0.05, 0) is 67.5 Å². The third-order valence-corrected chi connectivity index (χ3v) is 4.57. The summed E-state index contributed by atoms with van der Waals surface area (Å²) in [7, 11) is 2.06. The van der Waals surface area contributed by atoms with Crippen molar-refractivity contribution in [1.29, 1.82) is 0 Å². The SMILES string of the molecule is CNC(Cc1ccnc(N)c1)C1CCCc2ccccc21. The smallest absolute Gasteiger partial charge is 0.123 e. The second-order valence-electron chi connectivity index (χ2n) is 5.89. The minimum Gasteiger partial charge on any atom is -0.384 e. The van der Waals surface area contributed by atoms with Crippen molar-refractivity contribution in [3.05, 3.63) is 59.3 Å². The minimum atomic E-state index is 0.438. The fraction of sp³-hybridized carbons (Fsp3) is 0.389. The Morgan fingerprint density at radius 3 is 3.00 bits per heavy atom. The van der Waals surface area contributed by atoms with Crippen molar-refractivity contribution in [2.45, 2.75) is 37.6 Å². The molecule has 3 N–H and O–H groups in total. The van der Waals surface area contributed by atoms with Gasteiger partial charge >= 0.3 is 0 Å². The number of benzene rings is 1. The summed E-state index contributed by atoms with van der Waals surface area (Å²) in [5.74, 6) is 1.18. The first-order valence-corrected chi connectivity index (χ1v) is 7.73. The van der Waals surface area contributed by atoms with Crippen molar-refractivity contribution in [3.63, 3.8) is 0 Å². The van der Waals surface area contributed by atoms with Crippen LogP contribution in [0.4, 0.5) is 5.82 Å². The summed E-state index contributed by atoms with van der Waals surface area (Å²) in [6, 6.07) is 13.4. The molecular formula is C18H23N3. The van der Waals surface area contributed by atoms with Crippen LogP contribution in [-0.4, -0.2) is 18.1 Å². The quantitative estimate of drug-likeness (QED) is 0.906. The van der Waals surface area contributed by atoms with Gasteiger partial charge in [-0.2, -0.15) is 0 Å². The largest absolute Gasteiger partial charge is 0.384 e. The number of likely N-dealkylation sites (N-methyl/N-ethyl adjacent to an activating group) is 1. The Kier molecular flexibility index (Phi) is 4.20. The second kappa shape index (κ2) is 6.27. The molecule has 110 valence electrons. The Morgan fingerprint density at radius 1 is 1.33 bits per heavy atom. The van der Waals surface area contributed by atoms with Gasteiger partial charge in [0.15, 0.2) is 0 Å². The molecule has 0 bridgehead atoms. The summed E-state index contributed by atoms with van der Waals surface area (Å²) in [5.41, 5.74) is 10.1. The highest BCUT2D eigenvalue weighted by Crippen LogP contribution is 2.34. The summed E-state index contributed by atoms with van der Waals surface area (Å²) in [5, 5.41) is 3.52. The molecule has 0 fully saturated rings. The first-order chi connectivity index (χ1) is 10.3. The fourth-order valence-electron chi connectivity index (χ4n) is 3.53. The molecule has 0 radical (unpaired) electrons. The molecule has 3 rings (SSSR count). The van der Waals surface area contributed by atoms with Gasteiger partial charge in [-0.1, -0.05) is 24.3 Å². The van der Waals surface area contributed by atoms with Gasteiger partial charge in [-0.3, -0.25) is 0 Å². The summed E-state index contributed by atoms with van der Waals surface area (Å²) in [4.78, 5) is 4.08. The molecule has 0 aliphatic heterocycles. The molecular weight excluding hydrogens is 258 g/mol. The van der Waals surface area contributed by atoms with Crippen molar-refractivity contribution in [2.75, 3.05) is 12.8 Å². The van der Waals surface area contributed by atoms with E-state index in [-0.39, 0.29) is 0 Å². The van der Waals surface area contributed by atoms with E-state index in [1.54, 1.807) is 6.20 Å². The molecule has 0 saturated carbocycles. The maximum Gasteiger partial charge on any atom is 0.123 e. The first kappa shape index (κ1) is 14.1. The number of rotatable bonds is 4. The van der Waals surface area contributed by atoms with E-state index in [1.807, 2.05) is 6.07 Å². The monoisotopic (exact) mass is 281 g/mol. The standard InChI is InChI=1S/C18H23N3/c1-20-17(11-13-9-10-21-18(19)12-13)16-8-4-6-14-5-2-3-7-15(14)16/h2-3,5,7,9-10,12,16-17,20H,4,6,8,11H2,1H3,(H2,19,21). The van der Waals surface area contributed by atoms with Crippen LogP contribution in [0.5, 0.6) is 0 Å². The van der Waals surface area contributed by atoms with Gasteiger partial charge < -0.3 is 11.1 Å². The Bertz CT molecular complexity index is 609. The van der Waals surface area contributed by atoms with Crippen molar-refractivity contribution < 1.29 is 0 Å². The van der Waals surface area contributed by atoms with Crippen LogP contribution in [0, 0.1) is 0 Å². The van der Waals surface area contributed by atoms with Crippen LogP contribution in [0.3, 0.4) is 0 Å². The first-order valence-electron chi connectivity index (χ1n) is 7.73. The zero-order chi connectivity index (χ0) is 14.7. The number of hydrogen-bond donors (Lipinski definition) is 2. The van der Waals surface area contributed by atoms with E-state index in [0.717, 1.165) is 6.42 Å². The minimum absolute atomic E-state index is 0.438. The lowest BCUT2D eigenvalue weighted by atomic mass is 9.77. The number of nitrogens with zero attached hydrogens (tertiary/aromatic N) is 1. The lowest BCUT2D eigenvalue weighted by Crippen LogP contribution is -2.36. The van der Waals surface area contributed by atoms with Gasteiger partial charge in [-0.25, -0.2) is 4.98 Å². The van der Waals surface area contributed by atoms with Gasteiger partial charge in [0.05, 0.1) is 0 Å². The predicted octanol–water partition coefficient (Wildman–Crippen LogP) is 2.91. The molecule has 2 aromatic rings. The van der Waals surface area contributed by atoms with Crippen LogP contribution < -0.4 is 11.1 Å². The average Bonchev–Trinajstić information content (AvgIpc) is 2.52. The fourth-order valence-corrected chi connectivity index (χ4v) is 3.53. The predicted molar refractivity (Wildman–Crippen MR) is 87.3 cm³/mol. The maximum atomic E-state index is 5.80. The van der Waals surface area contributed by atoms with Gasteiger partial charge in [0.25, 0.3) is 0 Å². The number of aryl methyl sites for hydroxylation is 1. The molecule has 2 atom stereocenters. The number of nitrogens with one attached hydrogen (secondary N) is 1. The Balaban J connectivity index is 1.84. The number of nitrogen functional groups attached to an aromatic ring is 1. The lowest BCUT2D eigenvalue weighted by Gasteiger charge is -2.32. The number of fused-ring (bicyclic) bond motifs is 1. The topological polar surface area (TPSA) is 50.9 Å². The average molecular weight is 281 g/mol. The van der Waals surface area contributed by atoms with Gasteiger partial charge in [0.2, 0.25) is 0 Å². The maximum absolute atomic E-state index is 5.80. The van der Waals surface area contributed by atoms with E-state index >= 15 is 0 Å². The molecule has 0 spiro atoms. The van der Waals surface area contributed by atoms with E-state index in [0.29, 0.717) is 17.8 Å². The summed E-state index contributed by atoms with van der Waals surface area (Å²) >= 11 is 0. The van der Waals surface area contributed by atoms with Crippen molar-refractivity contribution in [2.24, 2.45) is 0 Å². The zero-order valence-corrected chi connectivity index (χ0v) is 12.5. The Labute approximate surface area is 126 Å². The molecule has 1 aromatic carbocycles. The highest BCUT2D eigenvalue weighted by Gasteiger charge is 2.26. The van der Waals surface area contributed by atoms with Crippen molar-refractivity contribution >= 4 is 5.82 Å². The number of aromatic nitrogens is 1. The molecule has 1 aliphatic rings. The summed E-state index contributed by atoms with van der Waals surface area (Å²) < 4.78 is 0. The van der Waals surface area contributed by atoms with Crippen molar-refractivity contribution in [3.8, 4) is 0 Å². The number of nitrogens with two attached hydrogens (primary N) is 1. The Morgan fingerprint density at radius 2 is 2.19 bits per heavy atom. The number of pyridine rings is 1. The number of anilines is 1. The highest BCUT2D eigenvalue weighted by molar-refractivity contribution is 5.36. The molecule has 0 amide bonds. The van der Waals surface area contributed by atoms with E-state index in [1.165, 1.54) is 36.0 Å². The Hall–Kier alpha value is -1.87. The molecule has 1 heterocycles. The zero-order valence-electron chi connectivity index (χ0n) is 12.5. The molecule has 1 aliphatic carbocycles. The van der Waals surface area contributed by atoms with Gasteiger partial charge in [-0.15, -0.1) is 0 Å². The van der Waals surface area contributed by atoms with Gasteiger partial charge in [0.1, 0.15) is 5.82 Å². The summed E-state index contributed by atoms with van der Waals surface area (Å²) in [6.07, 6.45) is 6.53. The van der Waals surface area contributed by atoms with Crippen LogP contribution >= 0.6 is 0 Å². The number of hydrogen-bond acceptors (Lipinski definition) is 3. The van der Waals surface area contributed by atoms with Gasteiger partial charge in [0, 0.05) is 12.2 Å². The molecule has 0 saturated heterocycles. The normalized spacial score (nSPS) is 19.0. The second-order valence-corrected chi connectivity index (χ2v) is 5.89. The third kappa shape index (κ3) is 3.08. The van der Waals surface area contributed by atoms with Crippen LogP contribution in [-0.2, 0) is 12.8 Å². The lowest BCUT2D eigenvalue weighted by molar-refractivity contribution is 0.411. The molecule has 3 heteroatoms. The van der Waals surface area contributed by atoms with E-state index in [9.17, 15) is 0 Å². The summed E-state index contributed by atoms with van der Waals surface area (Å²) in [6.45, 7) is 0. The molecule has 21 heavy (non-hydrogen) atoms.